The van der Waals surface area contributed by atoms with Crippen molar-refractivity contribution in [3.05, 3.63) is 252 Å². The molecule has 4 amide bonds. The van der Waals surface area contributed by atoms with Crippen molar-refractivity contribution < 1.29 is 32.3 Å². The van der Waals surface area contributed by atoms with Gasteiger partial charge in [-0.3, -0.25) is 37.3 Å². The van der Waals surface area contributed by atoms with Crippen molar-refractivity contribution in [2.24, 2.45) is 5.73 Å². The Balaban J connectivity index is 0.606. The van der Waals surface area contributed by atoms with Crippen LogP contribution in [0.4, 0.5) is 13.2 Å². The van der Waals surface area contributed by atoms with Crippen LogP contribution in [-0.2, 0) is 4.79 Å². The van der Waals surface area contributed by atoms with Crippen LogP contribution in [0, 0.1) is 34.0 Å². The molecule has 4 atom stereocenters. The molecule has 4 unspecified atom stereocenters. The van der Waals surface area contributed by atoms with Crippen LogP contribution in [0.1, 0.15) is 96.4 Å². The Bertz CT molecular complexity index is 5580. The monoisotopic (exact) mass is 1420 g/mol. The summed E-state index contributed by atoms with van der Waals surface area (Å²) in [4.78, 5) is 77.3. The number of benzene rings is 6. The van der Waals surface area contributed by atoms with Gasteiger partial charge in [0, 0.05) is 134 Å². The third kappa shape index (κ3) is 13.6. The lowest BCUT2D eigenvalue weighted by Gasteiger charge is -2.40. The summed E-state index contributed by atoms with van der Waals surface area (Å²) in [6.45, 7) is 5.86. The number of hydrogen-bond donors (Lipinski definition) is 3. The molecule has 23 heteroatoms. The summed E-state index contributed by atoms with van der Waals surface area (Å²) in [7, 11) is 0. The van der Waals surface area contributed by atoms with E-state index in [0.29, 0.717) is 88.0 Å². The van der Waals surface area contributed by atoms with E-state index >= 15 is 0 Å². The van der Waals surface area contributed by atoms with Gasteiger partial charge in [0.25, 0.3) is 17.7 Å². The van der Waals surface area contributed by atoms with Gasteiger partial charge in [-0.2, -0.15) is 29.0 Å². The number of fused-ring (bicyclic) bond motifs is 3. The van der Waals surface area contributed by atoms with Crippen molar-refractivity contribution in [2.75, 3.05) is 65.4 Å². The maximum absolute atomic E-state index is 14.6. The van der Waals surface area contributed by atoms with Crippen LogP contribution < -0.4 is 16.4 Å². The first-order chi connectivity index (χ1) is 52.0. The van der Waals surface area contributed by atoms with Crippen LogP contribution in [0.2, 0.25) is 0 Å². The number of nitrogens with one attached hydrogen (secondary N) is 2. The van der Waals surface area contributed by atoms with E-state index in [9.17, 15) is 48.1 Å². The number of carbonyl (C=O) groups is 4. The number of hydrogen-bond acceptors (Lipinski definition) is 13. The Labute approximate surface area is 614 Å². The van der Waals surface area contributed by atoms with Crippen molar-refractivity contribution in [2.45, 2.75) is 61.8 Å². The number of amides is 4. The van der Waals surface area contributed by atoms with Gasteiger partial charge >= 0.3 is 12.1 Å². The van der Waals surface area contributed by atoms with E-state index in [-0.39, 0.29) is 61.3 Å². The first-order valence-electron chi connectivity index (χ1n) is 35.8. The van der Waals surface area contributed by atoms with E-state index in [2.05, 4.69) is 43.7 Å². The highest BCUT2D eigenvalue weighted by Gasteiger charge is 2.44. The normalized spacial score (nSPS) is 18.1. The van der Waals surface area contributed by atoms with Gasteiger partial charge in [-0.25, -0.2) is 15.0 Å². The van der Waals surface area contributed by atoms with Crippen molar-refractivity contribution in [1.29, 1.82) is 15.8 Å². The molecule has 4 saturated heterocycles. The summed E-state index contributed by atoms with van der Waals surface area (Å²) < 4.78 is 47.9. The summed E-state index contributed by atoms with van der Waals surface area (Å²) >= 11 is 0. The molecule has 4 fully saturated rings. The van der Waals surface area contributed by atoms with Gasteiger partial charge in [0.1, 0.15) is 16.9 Å². The van der Waals surface area contributed by atoms with E-state index in [1.807, 2.05) is 152 Å². The van der Waals surface area contributed by atoms with Crippen LogP contribution in [0.5, 0.6) is 0 Å². The minimum absolute atomic E-state index is 0.0192. The first kappa shape index (κ1) is 68.8. The second kappa shape index (κ2) is 28.8. The Kier molecular flexibility index (Phi) is 18.5. The van der Waals surface area contributed by atoms with Gasteiger partial charge in [-0.05, 0) is 192 Å². The maximum atomic E-state index is 14.6. The van der Waals surface area contributed by atoms with Crippen molar-refractivity contribution >= 4 is 40.6 Å². The maximum Gasteiger partial charge on any atom is 0.471 e. The van der Waals surface area contributed by atoms with Crippen LogP contribution >= 0.6 is 0 Å². The Morgan fingerprint density at radius 1 is 0.449 bits per heavy atom. The van der Waals surface area contributed by atoms with Gasteiger partial charge in [0.15, 0.2) is 0 Å². The predicted molar refractivity (Wildman–Crippen MR) is 398 cm³/mol. The molecular formula is C84H71F3N16O4. The average molecular weight is 1430 g/mol. The minimum atomic E-state index is -5.19. The first-order valence-corrected chi connectivity index (χ1v) is 35.8. The molecular weight excluding hydrogens is 1350 g/mol. The number of pyridine rings is 3. The van der Waals surface area contributed by atoms with Gasteiger partial charge in [0.2, 0.25) is 0 Å². The number of carbonyl (C=O) groups excluding carboxylic acids is 4. The number of nitrogens with two attached hydrogens (primary N) is 1. The summed E-state index contributed by atoms with van der Waals surface area (Å²) in [5, 5.41) is 36.1. The molecule has 0 saturated carbocycles. The molecule has 0 bridgehead atoms. The van der Waals surface area contributed by atoms with Gasteiger partial charge < -0.3 is 31.1 Å². The number of alkyl halides is 3. The fourth-order valence-corrected chi connectivity index (χ4v) is 15.9. The van der Waals surface area contributed by atoms with Gasteiger partial charge in [0.05, 0.1) is 70.6 Å². The third-order valence-corrected chi connectivity index (χ3v) is 21.8. The molecule has 532 valence electrons. The predicted octanol–water partition coefficient (Wildman–Crippen LogP) is 12.4. The topological polar surface area (TPSA) is 255 Å². The number of halogens is 3. The molecule has 0 radical (unpaired) electrons. The number of piperazine rings is 1. The number of aromatic nitrogens is 6. The number of piperidine rings is 3. The second-order valence-electron chi connectivity index (χ2n) is 28.0. The van der Waals surface area contributed by atoms with Gasteiger partial charge in [-0.15, -0.1) is 0 Å². The Morgan fingerprint density at radius 2 is 0.850 bits per heavy atom. The van der Waals surface area contributed by atoms with Crippen molar-refractivity contribution in [1.82, 2.24) is 58.4 Å². The number of imidazole rings is 3. The van der Waals surface area contributed by atoms with Crippen LogP contribution in [0.15, 0.2) is 207 Å². The zero-order valence-electron chi connectivity index (χ0n) is 58.1. The molecule has 16 rings (SSSR count). The molecule has 4 N–H and O–H groups in total. The van der Waals surface area contributed by atoms with Crippen molar-refractivity contribution in [3.8, 4) is 85.4 Å². The summed E-state index contributed by atoms with van der Waals surface area (Å²) in [5.74, 6) is -3.98. The average Bonchev–Trinajstić information content (AvgIpc) is 1.75. The molecule has 107 heavy (non-hydrogen) atoms. The van der Waals surface area contributed by atoms with Crippen LogP contribution in [-0.4, -0.2) is 161 Å². The highest BCUT2D eigenvalue weighted by molar-refractivity contribution is 5.97. The summed E-state index contributed by atoms with van der Waals surface area (Å²) in [6.07, 6.45) is 8.64. The molecule has 6 aromatic carbocycles. The molecule has 4 aliphatic heterocycles. The highest BCUT2D eigenvalue weighted by Crippen LogP contribution is 2.39. The molecule has 20 nitrogen and oxygen atoms in total. The number of nitriles is 3. The van der Waals surface area contributed by atoms with Crippen LogP contribution in [0.25, 0.3) is 84.1 Å². The van der Waals surface area contributed by atoms with Crippen LogP contribution in [0.3, 0.4) is 0 Å². The lowest BCUT2D eigenvalue weighted by atomic mass is 9.82. The number of rotatable bonds is 13. The zero-order chi connectivity index (χ0) is 73.6. The molecule has 4 aliphatic rings. The quantitative estimate of drug-likeness (QED) is 0.0972. The van der Waals surface area contributed by atoms with E-state index in [0.717, 1.165) is 106 Å². The molecule has 0 aliphatic carbocycles. The second-order valence-corrected chi connectivity index (χ2v) is 28.0. The molecule has 10 heterocycles. The number of nitrogens with zero attached hydrogens (tertiary/aromatic N) is 13. The Morgan fingerprint density at radius 3 is 1.30 bits per heavy atom. The number of likely N-dealkylation sites (tertiary alicyclic amines) is 2. The lowest BCUT2D eigenvalue weighted by Crippen LogP contribution is -2.53. The fraction of sp³-hybridized carbons (Fsp3) is 0.238. The molecule has 12 aromatic rings. The van der Waals surface area contributed by atoms with E-state index < -0.39 is 24.0 Å². The molecule has 0 spiro atoms. The third-order valence-electron chi connectivity index (χ3n) is 21.8. The summed E-state index contributed by atoms with van der Waals surface area (Å²) in [5.41, 5.74) is 22.2. The smallest absolute Gasteiger partial charge is 0.345 e. The SMILES string of the molecule is N#Cc1ccc(-c2cnc3ccc(-c4ccc(C(=O)N5CCC(NC(=O)C(F)(F)F)C(c6cc(-c7cnc8ccc(-c9ccc(C(=O)N%10CCC(N)C(c%11cc(-c%12cnc%13ccc(-c%14ccc(C(=O)N%15CCN(C%16CCNCC%16)CC%15)cc%14)cn%12%13)ccc%11C#N)C%10)cc9)cn78)ccc6C#N)C5)cc4)cn23)cc1. The largest absolute Gasteiger partial charge is 0.471 e. The summed E-state index contributed by atoms with van der Waals surface area (Å²) in [6, 6.07) is 57.4. The lowest BCUT2D eigenvalue weighted by molar-refractivity contribution is -0.174. The fourth-order valence-electron chi connectivity index (χ4n) is 15.9. The van der Waals surface area contributed by atoms with E-state index in [1.54, 1.807) is 82.9 Å². The van der Waals surface area contributed by atoms with Gasteiger partial charge in [-0.1, -0.05) is 60.7 Å². The standard InChI is InChI=1S/C84H71F3N16O4/c85-84(86,87)83(107)96-73-30-34-100(82(106)59-15-9-54(10-16-59)64-21-24-77-93-44-74(101(77)47-64)56-3-1-52(41-88)2-4-56)51-71(73)69-40-61(18-20-63(69)43-90)76-46-95-79-26-23-66(49-103(76)79)55-7-13-58(14-8-55)81(105)99-33-29-72(91)70(50-99)68-39-60(17-19-62(68)42-89)75-45-94-78-25-22-65(48-102(75)78)53-5-11-57(12-6-53)80(104)98-37-35-97(36-38-98)67-27-31-92-32-28-67/h1-26,39-40,44-49,67,70-73,92H,27-38,50-51,91H2,(H,96,107). The zero-order valence-corrected chi connectivity index (χ0v) is 58.1. The van der Waals surface area contributed by atoms with Crippen molar-refractivity contribution in [3.63, 3.8) is 0 Å². The minimum Gasteiger partial charge on any atom is -0.345 e. The Hall–Kier alpha value is -12.6. The van der Waals surface area contributed by atoms with E-state index in [4.69, 9.17) is 10.7 Å². The van der Waals surface area contributed by atoms with E-state index in [1.165, 1.54) is 0 Å². The highest BCUT2D eigenvalue weighted by atomic mass is 19.4. The molecule has 6 aromatic heterocycles.